The van der Waals surface area contributed by atoms with Crippen LogP contribution in [-0.4, -0.2) is 46.5 Å². The first-order chi connectivity index (χ1) is 13.5. The highest BCUT2D eigenvalue weighted by Crippen LogP contribution is 2.37. The fourth-order valence-corrected chi connectivity index (χ4v) is 4.21. The number of halogens is 3. The molecule has 0 aliphatic carbocycles. The molecular weight excluding hydrogens is 369 g/mol. The number of aliphatic imine (C=N–C) groups is 1. The van der Waals surface area contributed by atoms with Gasteiger partial charge in [-0.1, -0.05) is 0 Å². The minimum absolute atomic E-state index is 0.0449. The van der Waals surface area contributed by atoms with Crippen LogP contribution >= 0.6 is 0 Å². The molecule has 4 rings (SSSR count). The lowest BCUT2D eigenvalue weighted by Crippen LogP contribution is -2.41. The van der Waals surface area contributed by atoms with Crippen LogP contribution in [0, 0.1) is 11.5 Å². The van der Waals surface area contributed by atoms with E-state index in [0.29, 0.717) is 13.1 Å². The molecule has 1 unspecified atom stereocenters. The molecule has 0 saturated carbocycles. The van der Waals surface area contributed by atoms with E-state index in [1.165, 1.54) is 6.19 Å². The molecule has 4 heterocycles. The van der Waals surface area contributed by atoms with E-state index in [0.717, 1.165) is 53.7 Å². The Morgan fingerprint density at radius 3 is 3.04 bits per heavy atom. The van der Waals surface area contributed by atoms with Crippen molar-refractivity contribution < 1.29 is 13.2 Å². The average molecular weight is 388 g/mol. The third-order valence-corrected chi connectivity index (χ3v) is 5.35. The van der Waals surface area contributed by atoms with Crippen molar-refractivity contribution >= 4 is 22.6 Å². The lowest BCUT2D eigenvalue weighted by molar-refractivity contribution is -0.122. The molecule has 1 N–H and O–H groups in total. The third kappa shape index (κ3) is 3.59. The molecule has 0 bridgehead atoms. The number of aromatic nitrogens is 2. The van der Waals surface area contributed by atoms with Gasteiger partial charge in [-0.25, -0.2) is 4.98 Å². The summed E-state index contributed by atoms with van der Waals surface area (Å²) in [6, 6.07) is 1.96. The number of amidine groups is 1. The van der Waals surface area contributed by atoms with Gasteiger partial charge in [0.2, 0.25) is 6.19 Å². The van der Waals surface area contributed by atoms with E-state index in [4.69, 9.17) is 5.26 Å². The second-order valence-electron chi connectivity index (χ2n) is 7.13. The molecule has 0 amide bonds. The number of hydrogen-bond donors (Lipinski definition) is 1. The van der Waals surface area contributed by atoms with E-state index < -0.39 is 12.6 Å². The number of alkyl halides is 3. The van der Waals surface area contributed by atoms with Crippen LogP contribution in [-0.2, 0) is 6.42 Å². The number of rotatable bonds is 2. The second-order valence-corrected chi connectivity index (χ2v) is 7.13. The van der Waals surface area contributed by atoms with Gasteiger partial charge in [-0.15, -0.1) is 0 Å². The number of nitriles is 1. The molecule has 2 aliphatic rings. The van der Waals surface area contributed by atoms with Crippen LogP contribution in [0.5, 0.6) is 0 Å². The predicted octanol–water partition coefficient (Wildman–Crippen LogP) is 3.61. The van der Waals surface area contributed by atoms with Gasteiger partial charge in [-0.3, -0.25) is 4.98 Å². The van der Waals surface area contributed by atoms with Gasteiger partial charge < -0.3 is 10.2 Å². The van der Waals surface area contributed by atoms with Crippen LogP contribution in [0.3, 0.4) is 0 Å². The summed E-state index contributed by atoms with van der Waals surface area (Å²) < 4.78 is 38.8. The van der Waals surface area contributed by atoms with Crippen LogP contribution in [0.25, 0.3) is 10.9 Å². The molecule has 0 radical (unpaired) electrons. The van der Waals surface area contributed by atoms with Gasteiger partial charge in [0.25, 0.3) is 0 Å². The number of hydrogen-bond acceptors (Lipinski definition) is 5. The van der Waals surface area contributed by atoms with Crippen molar-refractivity contribution in [2.24, 2.45) is 4.99 Å². The predicted molar refractivity (Wildman–Crippen MR) is 99.0 cm³/mol. The fraction of sp³-hybridized carbons (Fsp3) is 0.474. The van der Waals surface area contributed by atoms with Crippen molar-refractivity contribution in [3.8, 4) is 6.19 Å². The molecular formula is C19H19F3N6. The highest BCUT2D eigenvalue weighted by Gasteiger charge is 2.34. The normalized spacial score (nSPS) is 20.0. The first kappa shape index (κ1) is 18.5. The second kappa shape index (κ2) is 7.26. The highest BCUT2D eigenvalue weighted by atomic mass is 19.4. The van der Waals surface area contributed by atoms with E-state index in [-0.39, 0.29) is 11.8 Å². The van der Waals surface area contributed by atoms with Gasteiger partial charge in [-0.2, -0.15) is 23.4 Å². The first-order valence-corrected chi connectivity index (χ1v) is 9.24. The molecule has 1 fully saturated rings. The Bertz CT molecular complexity index is 963. The van der Waals surface area contributed by atoms with Crippen molar-refractivity contribution in [3.63, 3.8) is 0 Å². The quantitative estimate of drug-likeness (QED) is 0.483. The van der Waals surface area contributed by atoms with E-state index >= 15 is 0 Å². The maximum Gasteiger partial charge on any atom is 0.396 e. The van der Waals surface area contributed by atoms with Gasteiger partial charge in [0.05, 0.1) is 11.7 Å². The van der Waals surface area contributed by atoms with E-state index in [1.54, 1.807) is 17.3 Å². The smallest absolute Gasteiger partial charge is 0.369 e. The van der Waals surface area contributed by atoms with Crippen LogP contribution < -0.4 is 5.32 Å². The largest absolute Gasteiger partial charge is 0.396 e. The topological polar surface area (TPSA) is 77.2 Å². The number of nitrogens with one attached hydrogen (secondary N) is 1. The van der Waals surface area contributed by atoms with Gasteiger partial charge in [-0.05, 0) is 30.9 Å². The van der Waals surface area contributed by atoms with Crippen molar-refractivity contribution in [1.29, 1.82) is 5.26 Å². The summed E-state index contributed by atoms with van der Waals surface area (Å²) in [4.78, 5) is 13.9. The molecule has 0 spiro atoms. The Kier molecular flexibility index (Phi) is 4.79. The number of likely N-dealkylation sites (tertiary alicyclic amines) is 1. The standard InChI is InChI=1S/C19H19F3N6/c20-19(21,22)8-16(27-11-23)28-7-1-2-12(10-28)13-3-5-24-15-9-26-18-14(17(13)15)4-6-25-18/h3,5,9,12H,1-2,4,6-8,10H2,(H,25,26)/b27-16+. The Hall–Kier alpha value is -2.89. The maximum absolute atomic E-state index is 12.9. The molecule has 9 heteroatoms. The molecule has 6 nitrogen and oxygen atoms in total. The average Bonchev–Trinajstić information content (AvgIpc) is 3.15. The zero-order valence-electron chi connectivity index (χ0n) is 15.1. The molecule has 1 saturated heterocycles. The fourth-order valence-electron chi connectivity index (χ4n) is 4.21. The Balaban J connectivity index is 1.68. The van der Waals surface area contributed by atoms with Crippen molar-refractivity contribution in [2.45, 2.75) is 37.8 Å². The number of fused-ring (bicyclic) bond motifs is 3. The molecule has 2 aromatic rings. The SMILES string of the molecule is N#C/N=C(\CC(F)(F)F)N1CCCC(c2ccnc3cnc4c(c23)CCN4)C1. The van der Waals surface area contributed by atoms with Crippen molar-refractivity contribution in [2.75, 3.05) is 25.0 Å². The lowest BCUT2D eigenvalue weighted by atomic mass is 9.87. The molecule has 146 valence electrons. The van der Waals surface area contributed by atoms with Gasteiger partial charge in [0, 0.05) is 42.7 Å². The van der Waals surface area contributed by atoms with Crippen LogP contribution in [0.15, 0.2) is 23.5 Å². The number of piperidine rings is 1. The summed E-state index contributed by atoms with van der Waals surface area (Å²) in [7, 11) is 0. The summed E-state index contributed by atoms with van der Waals surface area (Å²) in [6.07, 6.45) is 1.86. The van der Waals surface area contributed by atoms with Crippen molar-refractivity contribution in [1.82, 2.24) is 14.9 Å². The number of anilines is 1. The van der Waals surface area contributed by atoms with Crippen molar-refractivity contribution in [3.05, 3.63) is 29.6 Å². The van der Waals surface area contributed by atoms with Crippen LogP contribution in [0.4, 0.5) is 19.0 Å². The minimum Gasteiger partial charge on any atom is -0.369 e. The zero-order chi connectivity index (χ0) is 19.7. The van der Waals surface area contributed by atoms with E-state index in [2.05, 4.69) is 20.3 Å². The molecule has 0 aromatic carbocycles. The first-order valence-electron chi connectivity index (χ1n) is 9.24. The van der Waals surface area contributed by atoms with E-state index in [9.17, 15) is 13.2 Å². The maximum atomic E-state index is 12.9. The summed E-state index contributed by atoms with van der Waals surface area (Å²) in [6.45, 7) is 1.69. The molecule has 2 aromatic heterocycles. The summed E-state index contributed by atoms with van der Waals surface area (Å²) >= 11 is 0. The molecule has 28 heavy (non-hydrogen) atoms. The Morgan fingerprint density at radius 2 is 2.25 bits per heavy atom. The third-order valence-electron chi connectivity index (χ3n) is 5.35. The number of nitrogens with zero attached hydrogens (tertiary/aromatic N) is 5. The Labute approximate surface area is 160 Å². The summed E-state index contributed by atoms with van der Waals surface area (Å²) in [5.41, 5.74) is 3.01. The summed E-state index contributed by atoms with van der Waals surface area (Å²) in [5.74, 6) is 0.702. The van der Waals surface area contributed by atoms with Crippen LogP contribution in [0.1, 0.15) is 36.3 Å². The van der Waals surface area contributed by atoms with Gasteiger partial charge in [0.15, 0.2) is 0 Å². The highest BCUT2D eigenvalue weighted by molar-refractivity contribution is 5.90. The Morgan fingerprint density at radius 1 is 1.39 bits per heavy atom. The van der Waals surface area contributed by atoms with Gasteiger partial charge in [0.1, 0.15) is 18.1 Å². The summed E-state index contributed by atoms with van der Waals surface area (Å²) in [5, 5.41) is 13.2. The van der Waals surface area contributed by atoms with E-state index in [1.807, 2.05) is 6.07 Å². The number of pyridine rings is 2. The molecule has 1 atom stereocenters. The lowest BCUT2D eigenvalue weighted by Gasteiger charge is -2.35. The minimum atomic E-state index is -4.40. The van der Waals surface area contributed by atoms with Gasteiger partial charge >= 0.3 is 6.18 Å². The molecule has 2 aliphatic heterocycles. The zero-order valence-corrected chi connectivity index (χ0v) is 15.1. The monoisotopic (exact) mass is 388 g/mol. The van der Waals surface area contributed by atoms with Crippen LogP contribution in [0.2, 0.25) is 0 Å².